The molecule has 0 saturated carbocycles. The number of carbonyl (C=O) groups excluding carboxylic acids is 1. The molecule has 0 aromatic rings. The first-order chi connectivity index (χ1) is 3.72. The third-order valence-corrected chi connectivity index (χ3v) is 0.942. The SMILES string of the molecule is CON(C=O)S(=O)[O-]. The summed E-state index contributed by atoms with van der Waals surface area (Å²) >= 11 is -2.61. The molecule has 0 saturated heterocycles. The standard InChI is InChI=1S/C2H5NO4S/c1-7-3(2-4)8(5)6/h2H,1H3,(H,5,6)/p-1. The summed E-state index contributed by atoms with van der Waals surface area (Å²) in [7, 11) is 1.07. The summed E-state index contributed by atoms with van der Waals surface area (Å²) in [6.07, 6.45) is 0.0448. The summed E-state index contributed by atoms with van der Waals surface area (Å²) in [5, 5.41) is 0. The molecule has 0 aliphatic rings. The number of nitrogens with zero attached hydrogens (tertiary/aromatic N) is 1. The lowest BCUT2D eigenvalue weighted by atomic mass is 11.4. The Kier molecular flexibility index (Phi) is 3.33. The van der Waals surface area contributed by atoms with Crippen molar-refractivity contribution in [2.45, 2.75) is 0 Å². The number of hydrogen-bond donors (Lipinski definition) is 0. The fourth-order valence-corrected chi connectivity index (χ4v) is 0.331. The van der Waals surface area contributed by atoms with E-state index in [0.717, 1.165) is 7.11 Å². The van der Waals surface area contributed by atoms with Gasteiger partial charge in [0, 0.05) is 0 Å². The molecule has 1 amide bonds. The fraction of sp³-hybridized carbons (Fsp3) is 0.500. The van der Waals surface area contributed by atoms with Crippen LogP contribution < -0.4 is 0 Å². The molecule has 0 radical (unpaired) electrons. The van der Waals surface area contributed by atoms with E-state index < -0.39 is 11.3 Å². The molecule has 0 spiro atoms. The minimum absolute atomic E-state index is 0.0448. The Hall–Kier alpha value is -0.460. The van der Waals surface area contributed by atoms with Crippen LogP contribution in [0.25, 0.3) is 0 Å². The van der Waals surface area contributed by atoms with Gasteiger partial charge in [-0.15, -0.1) is 4.47 Å². The van der Waals surface area contributed by atoms with Gasteiger partial charge in [0.25, 0.3) is 0 Å². The largest absolute Gasteiger partial charge is 0.753 e. The van der Waals surface area contributed by atoms with Crippen LogP contribution in [0.1, 0.15) is 0 Å². The molecule has 1 unspecified atom stereocenters. The monoisotopic (exact) mass is 138 g/mol. The highest BCUT2D eigenvalue weighted by molar-refractivity contribution is 7.77. The minimum atomic E-state index is -2.61. The Morgan fingerprint density at radius 2 is 2.38 bits per heavy atom. The van der Waals surface area contributed by atoms with Gasteiger partial charge in [0.2, 0.25) is 6.41 Å². The molecule has 0 aromatic carbocycles. The summed E-state index contributed by atoms with van der Waals surface area (Å²) in [5.41, 5.74) is 0. The number of rotatable bonds is 3. The van der Waals surface area contributed by atoms with Crippen LogP contribution in [0.5, 0.6) is 0 Å². The van der Waals surface area contributed by atoms with Crippen LogP contribution in [-0.4, -0.2) is 26.8 Å². The van der Waals surface area contributed by atoms with E-state index in [-0.39, 0.29) is 10.9 Å². The number of amides is 1. The molecule has 0 fully saturated rings. The molecule has 0 aliphatic carbocycles. The molecule has 5 nitrogen and oxygen atoms in total. The van der Waals surface area contributed by atoms with E-state index in [2.05, 4.69) is 4.84 Å². The van der Waals surface area contributed by atoms with Crippen LogP contribution in [0.15, 0.2) is 0 Å². The second-order valence-electron chi connectivity index (χ2n) is 0.790. The van der Waals surface area contributed by atoms with E-state index >= 15 is 0 Å². The number of hydrogen-bond acceptors (Lipinski definition) is 4. The molecule has 0 rings (SSSR count). The zero-order valence-electron chi connectivity index (χ0n) is 4.07. The van der Waals surface area contributed by atoms with Crippen LogP contribution in [0.4, 0.5) is 0 Å². The van der Waals surface area contributed by atoms with E-state index in [0.29, 0.717) is 0 Å². The van der Waals surface area contributed by atoms with Gasteiger partial charge in [0.1, 0.15) is 0 Å². The first kappa shape index (κ1) is 7.54. The molecule has 0 bridgehead atoms. The van der Waals surface area contributed by atoms with Crippen molar-refractivity contribution in [3.8, 4) is 0 Å². The Morgan fingerprint density at radius 1 is 1.88 bits per heavy atom. The predicted molar refractivity (Wildman–Crippen MR) is 23.8 cm³/mol. The van der Waals surface area contributed by atoms with Gasteiger partial charge in [-0.3, -0.25) is 9.63 Å². The molecule has 0 heterocycles. The van der Waals surface area contributed by atoms with Gasteiger partial charge in [0.05, 0.1) is 18.4 Å². The highest BCUT2D eigenvalue weighted by Gasteiger charge is 1.94. The Morgan fingerprint density at radius 3 is 2.38 bits per heavy atom. The minimum Gasteiger partial charge on any atom is -0.753 e. The lowest BCUT2D eigenvalue weighted by Gasteiger charge is -2.14. The fourth-order valence-electron chi connectivity index (χ4n) is 0.139. The van der Waals surface area contributed by atoms with Crippen LogP contribution in [0.3, 0.4) is 0 Å². The number of hydroxylamine groups is 1. The predicted octanol–water partition coefficient (Wildman–Crippen LogP) is -1.20. The summed E-state index contributed by atoms with van der Waals surface area (Å²) in [6.45, 7) is 0. The van der Waals surface area contributed by atoms with Crippen molar-refractivity contribution >= 4 is 17.7 Å². The molecule has 48 valence electrons. The quantitative estimate of drug-likeness (QED) is 0.279. The van der Waals surface area contributed by atoms with E-state index in [1.165, 1.54) is 0 Å². The van der Waals surface area contributed by atoms with Crippen molar-refractivity contribution in [3.05, 3.63) is 0 Å². The van der Waals surface area contributed by atoms with Gasteiger partial charge in [-0.05, 0) is 0 Å². The van der Waals surface area contributed by atoms with Crippen molar-refractivity contribution in [2.24, 2.45) is 0 Å². The molecular formula is C2H4NO4S-. The van der Waals surface area contributed by atoms with Crippen LogP contribution in [0.2, 0.25) is 0 Å². The third-order valence-electron chi connectivity index (χ3n) is 0.413. The summed E-state index contributed by atoms with van der Waals surface area (Å²) in [4.78, 5) is 13.6. The third kappa shape index (κ3) is 2.01. The zero-order chi connectivity index (χ0) is 6.57. The Balaban J connectivity index is 3.69. The van der Waals surface area contributed by atoms with E-state index in [4.69, 9.17) is 0 Å². The van der Waals surface area contributed by atoms with Crippen molar-refractivity contribution in [1.82, 2.24) is 4.47 Å². The van der Waals surface area contributed by atoms with Crippen molar-refractivity contribution in [1.29, 1.82) is 0 Å². The molecule has 1 atom stereocenters. The Labute approximate surface area is 48.6 Å². The van der Waals surface area contributed by atoms with Crippen LogP contribution >= 0.6 is 0 Å². The maximum Gasteiger partial charge on any atom is 0.245 e. The molecule has 0 N–H and O–H groups in total. The average molecular weight is 138 g/mol. The van der Waals surface area contributed by atoms with Crippen molar-refractivity contribution in [2.75, 3.05) is 7.11 Å². The lowest BCUT2D eigenvalue weighted by Crippen LogP contribution is -2.22. The van der Waals surface area contributed by atoms with Gasteiger partial charge < -0.3 is 4.55 Å². The smallest absolute Gasteiger partial charge is 0.245 e. The normalized spacial score (nSPS) is 12.8. The first-order valence-electron chi connectivity index (χ1n) is 1.60. The highest BCUT2D eigenvalue weighted by atomic mass is 32.2. The van der Waals surface area contributed by atoms with Crippen LogP contribution in [0, 0.1) is 0 Å². The van der Waals surface area contributed by atoms with Crippen LogP contribution in [-0.2, 0) is 20.9 Å². The van der Waals surface area contributed by atoms with Crippen molar-refractivity contribution < 1.29 is 18.4 Å². The van der Waals surface area contributed by atoms with Crippen molar-refractivity contribution in [3.63, 3.8) is 0 Å². The molecule has 6 heteroatoms. The van der Waals surface area contributed by atoms with Gasteiger partial charge in [-0.1, -0.05) is 0 Å². The first-order valence-corrected chi connectivity index (χ1v) is 2.63. The maximum atomic E-state index is 9.73. The molecule has 0 aliphatic heterocycles. The van der Waals surface area contributed by atoms with Gasteiger partial charge in [-0.25, -0.2) is 4.21 Å². The summed E-state index contributed by atoms with van der Waals surface area (Å²) in [6, 6.07) is 0. The zero-order valence-corrected chi connectivity index (χ0v) is 4.88. The second kappa shape index (κ2) is 3.53. The molecule has 8 heavy (non-hydrogen) atoms. The van der Waals surface area contributed by atoms with Gasteiger partial charge in [0.15, 0.2) is 0 Å². The number of carbonyl (C=O) groups is 1. The van der Waals surface area contributed by atoms with Gasteiger partial charge in [-0.2, -0.15) is 0 Å². The highest BCUT2D eigenvalue weighted by Crippen LogP contribution is 1.83. The second-order valence-corrected chi connectivity index (χ2v) is 1.58. The van der Waals surface area contributed by atoms with Gasteiger partial charge >= 0.3 is 0 Å². The summed E-state index contributed by atoms with van der Waals surface area (Å²) < 4.78 is 19.6. The lowest BCUT2D eigenvalue weighted by molar-refractivity contribution is -0.137. The molecule has 0 aromatic heterocycles. The van der Waals surface area contributed by atoms with E-state index in [1.807, 2.05) is 0 Å². The van der Waals surface area contributed by atoms with E-state index in [9.17, 15) is 13.6 Å². The Bertz CT molecular complexity index is 104. The average Bonchev–Trinajstić information content (AvgIpc) is 1.69. The van der Waals surface area contributed by atoms with E-state index in [1.54, 1.807) is 0 Å². The summed E-state index contributed by atoms with van der Waals surface area (Å²) in [5.74, 6) is 0. The topological polar surface area (TPSA) is 69.7 Å². The maximum absolute atomic E-state index is 9.73. The molecular weight excluding hydrogens is 134 g/mol.